The second kappa shape index (κ2) is 6.17. The van der Waals surface area contributed by atoms with Crippen LogP contribution in [-0.2, 0) is 0 Å². The van der Waals surface area contributed by atoms with Gasteiger partial charge in [0.15, 0.2) is 0 Å². The molecule has 7 nitrogen and oxygen atoms in total. The molecule has 0 spiro atoms. The van der Waals surface area contributed by atoms with Gasteiger partial charge in [-0.1, -0.05) is 12.1 Å². The highest BCUT2D eigenvalue weighted by molar-refractivity contribution is 5.53. The van der Waals surface area contributed by atoms with Crippen LogP contribution < -0.4 is 10.1 Å². The number of para-hydroxylation sites is 1. The molecule has 2 rings (SSSR count). The smallest absolute Gasteiger partial charge is 0.311 e. The summed E-state index contributed by atoms with van der Waals surface area (Å²) in [5.41, 5.74) is 0.585. The lowest BCUT2D eigenvalue weighted by molar-refractivity contribution is -0.385. The summed E-state index contributed by atoms with van der Waals surface area (Å²) in [6, 6.07) is 6.39. The molecule has 0 saturated carbocycles. The van der Waals surface area contributed by atoms with Crippen molar-refractivity contribution >= 4 is 11.5 Å². The van der Waals surface area contributed by atoms with Gasteiger partial charge in [0.1, 0.15) is 11.6 Å². The van der Waals surface area contributed by atoms with E-state index in [2.05, 4.69) is 15.3 Å². The van der Waals surface area contributed by atoms with Gasteiger partial charge in [-0.05, 0) is 26.3 Å². The molecule has 2 aromatic rings. The van der Waals surface area contributed by atoms with Crippen LogP contribution in [-0.4, -0.2) is 21.4 Å². The van der Waals surface area contributed by atoms with Gasteiger partial charge in [-0.15, -0.1) is 0 Å². The first-order chi connectivity index (χ1) is 10.0. The van der Waals surface area contributed by atoms with E-state index in [4.69, 9.17) is 4.74 Å². The lowest BCUT2D eigenvalue weighted by atomic mass is 10.2. The van der Waals surface area contributed by atoms with Crippen LogP contribution in [0.25, 0.3) is 0 Å². The van der Waals surface area contributed by atoms with E-state index in [1.54, 1.807) is 32.0 Å². The highest BCUT2D eigenvalue weighted by Gasteiger charge is 2.18. The highest BCUT2D eigenvalue weighted by atomic mass is 16.6. The number of hydrogen-bond acceptors (Lipinski definition) is 6. The number of ether oxygens (including phenoxy) is 1. The first-order valence-electron chi connectivity index (χ1n) is 6.52. The molecule has 0 bridgehead atoms. The molecular formula is C14H16N4O3. The summed E-state index contributed by atoms with van der Waals surface area (Å²) in [4.78, 5) is 19.0. The Kier molecular flexibility index (Phi) is 4.32. The number of anilines is 1. The number of hydrogen-bond donors (Lipinski definition) is 1. The first-order valence-corrected chi connectivity index (χ1v) is 6.52. The third-order valence-corrected chi connectivity index (χ3v) is 2.77. The molecule has 0 aliphatic carbocycles. The SMILES string of the molecule is CCNc1cc(Oc2c(C)cccc2[N+](=O)[O-])nc(C)n1. The number of aromatic nitrogens is 2. The van der Waals surface area contributed by atoms with E-state index < -0.39 is 4.92 Å². The number of aryl methyl sites for hydroxylation is 2. The molecule has 0 atom stereocenters. The number of nitrogens with zero attached hydrogens (tertiary/aromatic N) is 3. The third-order valence-electron chi connectivity index (χ3n) is 2.77. The topological polar surface area (TPSA) is 90.2 Å². The summed E-state index contributed by atoms with van der Waals surface area (Å²) in [7, 11) is 0. The van der Waals surface area contributed by atoms with Crippen LogP contribution in [0.15, 0.2) is 24.3 Å². The minimum Gasteiger partial charge on any atom is -0.431 e. The number of nitro benzene ring substituents is 1. The van der Waals surface area contributed by atoms with Crippen molar-refractivity contribution in [3.8, 4) is 11.6 Å². The third kappa shape index (κ3) is 3.44. The van der Waals surface area contributed by atoms with Crippen LogP contribution in [0.1, 0.15) is 18.3 Å². The Bertz CT molecular complexity index is 673. The van der Waals surface area contributed by atoms with Crippen molar-refractivity contribution in [2.24, 2.45) is 0 Å². The molecule has 0 fully saturated rings. The second-order valence-electron chi connectivity index (χ2n) is 4.45. The molecule has 0 saturated heterocycles. The number of nitrogens with one attached hydrogen (secondary N) is 1. The molecule has 0 amide bonds. The van der Waals surface area contributed by atoms with E-state index in [1.807, 2.05) is 6.92 Å². The van der Waals surface area contributed by atoms with Crippen molar-refractivity contribution in [1.29, 1.82) is 0 Å². The average Bonchev–Trinajstić information content (AvgIpc) is 2.40. The Hall–Kier alpha value is -2.70. The predicted octanol–water partition coefficient (Wildman–Crippen LogP) is 3.23. The van der Waals surface area contributed by atoms with E-state index in [9.17, 15) is 10.1 Å². The van der Waals surface area contributed by atoms with Crippen LogP contribution in [0.3, 0.4) is 0 Å². The fourth-order valence-electron chi connectivity index (χ4n) is 1.88. The van der Waals surface area contributed by atoms with Gasteiger partial charge in [-0.3, -0.25) is 10.1 Å². The van der Waals surface area contributed by atoms with Crippen molar-refractivity contribution in [3.63, 3.8) is 0 Å². The van der Waals surface area contributed by atoms with E-state index in [0.717, 1.165) is 0 Å². The molecule has 110 valence electrons. The molecule has 21 heavy (non-hydrogen) atoms. The molecular weight excluding hydrogens is 272 g/mol. The monoisotopic (exact) mass is 288 g/mol. The first kappa shape index (κ1) is 14.7. The van der Waals surface area contributed by atoms with Gasteiger partial charge in [0.05, 0.1) is 4.92 Å². The Balaban J connectivity index is 2.40. The summed E-state index contributed by atoms with van der Waals surface area (Å²) in [5.74, 6) is 1.62. The Morgan fingerprint density at radius 2 is 2.10 bits per heavy atom. The zero-order valence-electron chi connectivity index (χ0n) is 12.1. The van der Waals surface area contributed by atoms with Crippen molar-refractivity contribution in [3.05, 3.63) is 45.8 Å². The molecule has 0 aliphatic heterocycles. The molecule has 1 N–H and O–H groups in total. The predicted molar refractivity (Wildman–Crippen MR) is 78.8 cm³/mol. The minimum absolute atomic E-state index is 0.0868. The molecule has 0 aliphatic rings. The Morgan fingerprint density at radius 3 is 2.76 bits per heavy atom. The summed E-state index contributed by atoms with van der Waals surface area (Å²) in [6.07, 6.45) is 0. The van der Waals surface area contributed by atoms with Gasteiger partial charge in [0, 0.05) is 18.7 Å². The largest absolute Gasteiger partial charge is 0.431 e. The van der Waals surface area contributed by atoms with Gasteiger partial charge in [0.25, 0.3) is 0 Å². The maximum Gasteiger partial charge on any atom is 0.311 e. The summed E-state index contributed by atoms with van der Waals surface area (Å²) < 4.78 is 5.64. The van der Waals surface area contributed by atoms with Crippen LogP contribution in [0.5, 0.6) is 11.6 Å². The molecule has 1 aromatic heterocycles. The number of rotatable bonds is 5. The molecule has 0 unspecified atom stereocenters. The van der Waals surface area contributed by atoms with Gasteiger partial charge in [-0.25, -0.2) is 4.98 Å². The van der Waals surface area contributed by atoms with Crippen molar-refractivity contribution in [2.45, 2.75) is 20.8 Å². The van der Waals surface area contributed by atoms with Gasteiger partial charge in [0.2, 0.25) is 11.6 Å². The van der Waals surface area contributed by atoms with Crippen molar-refractivity contribution < 1.29 is 9.66 Å². The Morgan fingerprint density at radius 1 is 1.33 bits per heavy atom. The van der Waals surface area contributed by atoms with Crippen molar-refractivity contribution in [2.75, 3.05) is 11.9 Å². The fraction of sp³-hybridized carbons (Fsp3) is 0.286. The average molecular weight is 288 g/mol. The minimum atomic E-state index is -0.471. The zero-order valence-corrected chi connectivity index (χ0v) is 12.1. The second-order valence-corrected chi connectivity index (χ2v) is 4.45. The van der Waals surface area contributed by atoms with Gasteiger partial charge >= 0.3 is 5.69 Å². The fourth-order valence-corrected chi connectivity index (χ4v) is 1.88. The highest BCUT2D eigenvalue weighted by Crippen LogP contribution is 2.34. The summed E-state index contributed by atoms with van der Waals surface area (Å²) >= 11 is 0. The van der Waals surface area contributed by atoms with Crippen molar-refractivity contribution in [1.82, 2.24) is 9.97 Å². The van der Waals surface area contributed by atoms with Crippen LogP contribution in [0.4, 0.5) is 11.5 Å². The summed E-state index contributed by atoms with van der Waals surface area (Å²) in [6.45, 7) is 6.14. The Labute approximate surface area is 122 Å². The molecule has 0 radical (unpaired) electrons. The molecule has 1 aromatic carbocycles. The van der Waals surface area contributed by atoms with Crippen LogP contribution in [0.2, 0.25) is 0 Å². The van der Waals surface area contributed by atoms with Gasteiger partial charge in [-0.2, -0.15) is 4.98 Å². The standard InChI is InChI=1S/C14H16N4O3/c1-4-15-12-8-13(17-10(3)16-12)21-14-9(2)6-5-7-11(14)18(19)20/h5-8H,4H2,1-3H3,(H,15,16,17). The normalized spacial score (nSPS) is 10.2. The van der Waals surface area contributed by atoms with E-state index in [1.165, 1.54) is 6.07 Å². The lowest BCUT2D eigenvalue weighted by Crippen LogP contribution is -2.03. The number of benzene rings is 1. The van der Waals surface area contributed by atoms with E-state index in [-0.39, 0.29) is 17.3 Å². The quantitative estimate of drug-likeness (QED) is 0.671. The van der Waals surface area contributed by atoms with E-state index in [0.29, 0.717) is 23.8 Å². The van der Waals surface area contributed by atoms with Crippen LogP contribution >= 0.6 is 0 Å². The maximum absolute atomic E-state index is 11.1. The molecule has 1 heterocycles. The summed E-state index contributed by atoms with van der Waals surface area (Å²) in [5, 5.41) is 14.1. The van der Waals surface area contributed by atoms with Gasteiger partial charge < -0.3 is 10.1 Å². The molecule has 7 heteroatoms. The van der Waals surface area contributed by atoms with E-state index >= 15 is 0 Å². The lowest BCUT2D eigenvalue weighted by Gasteiger charge is -2.10. The maximum atomic E-state index is 11.1. The van der Waals surface area contributed by atoms with Crippen LogP contribution in [0, 0.1) is 24.0 Å². The zero-order chi connectivity index (χ0) is 15.4. The number of nitro groups is 1.